The molecule has 2 nitrogen and oxygen atoms in total. The highest BCUT2D eigenvalue weighted by Gasteiger charge is 2.09. The maximum Gasteiger partial charge on any atom is 0.137 e. The van der Waals surface area contributed by atoms with E-state index in [1.807, 2.05) is 19.2 Å². The summed E-state index contributed by atoms with van der Waals surface area (Å²) in [7, 11) is 2.01. The fourth-order valence-corrected chi connectivity index (χ4v) is 2.12. The van der Waals surface area contributed by atoms with E-state index in [4.69, 9.17) is 11.6 Å². The van der Waals surface area contributed by atoms with Crippen LogP contribution in [0.2, 0.25) is 0 Å². The molecule has 2 rings (SSSR count). The smallest absolute Gasteiger partial charge is 0.137 e. The summed E-state index contributed by atoms with van der Waals surface area (Å²) in [6, 6.07) is 12.4. The molecular formula is C15H17ClN2. The van der Waals surface area contributed by atoms with E-state index in [0.717, 1.165) is 23.5 Å². The van der Waals surface area contributed by atoms with Crippen LogP contribution >= 0.6 is 11.6 Å². The summed E-state index contributed by atoms with van der Waals surface area (Å²) in [6.07, 6.45) is 2.85. The third-order valence-electron chi connectivity index (χ3n) is 3.06. The number of rotatable bonds is 4. The fourth-order valence-electron chi connectivity index (χ4n) is 1.91. The number of nitrogens with zero attached hydrogens (tertiary/aromatic N) is 2. The molecule has 0 radical (unpaired) electrons. The Kier molecular flexibility index (Phi) is 4.21. The second-order valence-electron chi connectivity index (χ2n) is 4.20. The first-order chi connectivity index (χ1) is 8.76. The van der Waals surface area contributed by atoms with Gasteiger partial charge in [-0.25, -0.2) is 4.98 Å². The summed E-state index contributed by atoms with van der Waals surface area (Å²) in [5.41, 5.74) is 3.50. The second-order valence-corrected chi connectivity index (χ2v) is 4.47. The van der Waals surface area contributed by atoms with Crippen LogP contribution in [0.5, 0.6) is 0 Å². The first-order valence-electron chi connectivity index (χ1n) is 6.08. The maximum absolute atomic E-state index is 5.94. The molecule has 18 heavy (non-hydrogen) atoms. The maximum atomic E-state index is 5.94. The van der Waals surface area contributed by atoms with Gasteiger partial charge in [0.2, 0.25) is 0 Å². The van der Waals surface area contributed by atoms with Crippen LogP contribution in [0.1, 0.15) is 18.1 Å². The highest BCUT2D eigenvalue weighted by Crippen LogP contribution is 2.26. The third-order valence-corrected chi connectivity index (χ3v) is 3.35. The topological polar surface area (TPSA) is 16.1 Å². The van der Waals surface area contributed by atoms with Crippen molar-refractivity contribution < 1.29 is 0 Å². The zero-order valence-corrected chi connectivity index (χ0v) is 11.5. The van der Waals surface area contributed by atoms with E-state index >= 15 is 0 Å². The Morgan fingerprint density at radius 1 is 1.17 bits per heavy atom. The number of aryl methyl sites for hydroxylation is 1. The average molecular weight is 261 g/mol. The van der Waals surface area contributed by atoms with Crippen LogP contribution in [0, 0.1) is 0 Å². The number of benzene rings is 1. The minimum atomic E-state index is 0.473. The van der Waals surface area contributed by atoms with E-state index in [1.54, 1.807) is 6.20 Å². The molecule has 1 aromatic carbocycles. The predicted octanol–water partition coefficient (Wildman–Crippen LogP) is 4.15. The number of halogens is 1. The van der Waals surface area contributed by atoms with Gasteiger partial charge >= 0.3 is 0 Å². The van der Waals surface area contributed by atoms with Gasteiger partial charge in [-0.05, 0) is 30.2 Å². The Labute approximate surface area is 113 Å². The Hall–Kier alpha value is -1.54. The van der Waals surface area contributed by atoms with Crippen molar-refractivity contribution in [1.82, 2.24) is 4.98 Å². The van der Waals surface area contributed by atoms with Crippen molar-refractivity contribution in [2.75, 3.05) is 11.9 Å². The van der Waals surface area contributed by atoms with Gasteiger partial charge in [0.1, 0.15) is 5.82 Å². The minimum absolute atomic E-state index is 0.473. The van der Waals surface area contributed by atoms with E-state index in [9.17, 15) is 0 Å². The normalized spacial score (nSPS) is 10.4. The van der Waals surface area contributed by atoms with Crippen LogP contribution in [0.25, 0.3) is 0 Å². The van der Waals surface area contributed by atoms with Crippen molar-refractivity contribution in [1.29, 1.82) is 0 Å². The molecule has 1 heterocycles. The SMILES string of the molecule is CCc1ccc(N(C)c2ncccc2CCl)cc1. The van der Waals surface area contributed by atoms with Gasteiger partial charge in [-0.15, -0.1) is 11.6 Å². The van der Waals surface area contributed by atoms with Gasteiger partial charge in [-0.1, -0.05) is 25.1 Å². The molecule has 2 aromatic rings. The molecule has 0 saturated carbocycles. The summed E-state index contributed by atoms with van der Waals surface area (Å²) in [4.78, 5) is 6.48. The summed E-state index contributed by atoms with van der Waals surface area (Å²) >= 11 is 5.94. The van der Waals surface area contributed by atoms with Gasteiger partial charge in [0.15, 0.2) is 0 Å². The number of hydrogen-bond acceptors (Lipinski definition) is 2. The predicted molar refractivity (Wildman–Crippen MR) is 77.7 cm³/mol. The molecule has 0 saturated heterocycles. The van der Waals surface area contributed by atoms with Crippen LogP contribution in [0.15, 0.2) is 42.6 Å². The van der Waals surface area contributed by atoms with E-state index in [0.29, 0.717) is 5.88 Å². The number of alkyl halides is 1. The average Bonchev–Trinajstić information content (AvgIpc) is 2.46. The minimum Gasteiger partial charge on any atom is -0.329 e. The first-order valence-corrected chi connectivity index (χ1v) is 6.62. The standard InChI is InChI=1S/C15H17ClN2/c1-3-12-6-8-14(9-7-12)18(2)15-13(11-16)5-4-10-17-15/h4-10H,3,11H2,1-2H3. The molecule has 0 aliphatic heterocycles. The van der Waals surface area contributed by atoms with E-state index in [2.05, 4.69) is 41.1 Å². The summed E-state index contributed by atoms with van der Waals surface area (Å²) in [5.74, 6) is 1.39. The van der Waals surface area contributed by atoms with Crippen LogP contribution in [0.4, 0.5) is 11.5 Å². The number of anilines is 2. The molecule has 0 aliphatic carbocycles. The zero-order valence-electron chi connectivity index (χ0n) is 10.7. The lowest BCUT2D eigenvalue weighted by Gasteiger charge is -2.20. The highest BCUT2D eigenvalue weighted by molar-refractivity contribution is 6.17. The van der Waals surface area contributed by atoms with Crippen LogP contribution < -0.4 is 4.90 Å². The molecule has 0 bridgehead atoms. The van der Waals surface area contributed by atoms with Crippen molar-refractivity contribution in [2.24, 2.45) is 0 Å². The third kappa shape index (κ3) is 2.65. The summed E-state index contributed by atoms with van der Waals surface area (Å²) in [5, 5.41) is 0. The van der Waals surface area contributed by atoms with Gasteiger partial charge in [0.05, 0.1) is 5.88 Å². The molecule has 0 amide bonds. The summed E-state index contributed by atoms with van der Waals surface area (Å²) in [6.45, 7) is 2.16. The molecule has 1 aromatic heterocycles. The lowest BCUT2D eigenvalue weighted by Crippen LogP contribution is -2.13. The van der Waals surface area contributed by atoms with Crippen LogP contribution in [0.3, 0.4) is 0 Å². The molecule has 0 aliphatic rings. The monoisotopic (exact) mass is 260 g/mol. The largest absolute Gasteiger partial charge is 0.329 e. The quantitative estimate of drug-likeness (QED) is 0.768. The Morgan fingerprint density at radius 2 is 1.89 bits per heavy atom. The van der Waals surface area contributed by atoms with Gasteiger partial charge in [-0.3, -0.25) is 0 Å². The van der Waals surface area contributed by atoms with Gasteiger partial charge < -0.3 is 4.90 Å². The zero-order chi connectivity index (χ0) is 13.0. The van der Waals surface area contributed by atoms with Gasteiger partial charge in [0, 0.05) is 24.5 Å². The van der Waals surface area contributed by atoms with E-state index in [-0.39, 0.29) is 0 Å². The van der Waals surface area contributed by atoms with Gasteiger partial charge in [0.25, 0.3) is 0 Å². The van der Waals surface area contributed by atoms with Gasteiger partial charge in [-0.2, -0.15) is 0 Å². The molecule has 3 heteroatoms. The van der Waals surface area contributed by atoms with Crippen LogP contribution in [-0.2, 0) is 12.3 Å². The van der Waals surface area contributed by atoms with Crippen molar-refractivity contribution in [2.45, 2.75) is 19.2 Å². The Bertz CT molecular complexity index is 508. The Balaban J connectivity index is 2.31. The second kappa shape index (κ2) is 5.87. The molecular weight excluding hydrogens is 244 g/mol. The van der Waals surface area contributed by atoms with Crippen molar-refractivity contribution in [3.05, 3.63) is 53.7 Å². The van der Waals surface area contributed by atoms with Crippen molar-refractivity contribution in [3.8, 4) is 0 Å². The molecule has 0 atom stereocenters. The highest BCUT2D eigenvalue weighted by atomic mass is 35.5. The fraction of sp³-hybridized carbons (Fsp3) is 0.267. The van der Waals surface area contributed by atoms with Crippen molar-refractivity contribution in [3.63, 3.8) is 0 Å². The number of pyridine rings is 1. The van der Waals surface area contributed by atoms with E-state index in [1.165, 1.54) is 5.56 Å². The van der Waals surface area contributed by atoms with Crippen molar-refractivity contribution >= 4 is 23.1 Å². The Morgan fingerprint density at radius 3 is 2.50 bits per heavy atom. The first kappa shape index (κ1) is 12.9. The molecule has 0 spiro atoms. The lowest BCUT2D eigenvalue weighted by molar-refractivity contribution is 1.09. The molecule has 0 N–H and O–H groups in total. The summed E-state index contributed by atoms with van der Waals surface area (Å²) < 4.78 is 0. The number of aromatic nitrogens is 1. The van der Waals surface area contributed by atoms with E-state index < -0.39 is 0 Å². The lowest BCUT2D eigenvalue weighted by atomic mass is 10.1. The molecule has 0 unspecified atom stereocenters. The molecule has 94 valence electrons. The van der Waals surface area contributed by atoms with Crippen LogP contribution in [-0.4, -0.2) is 12.0 Å². The number of hydrogen-bond donors (Lipinski definition) is 0. The molecule has 0 fully saturated rings.